The minimum Gasteiger partial charge on any atom is -0.258 e. The lowest BCUT2D eigenvalue weighted by atomic mass is 10.1. The van der Waals surface area contributed by atoms with Gasteiger partial charge in [-0.3, -0.25) is 8.61 Å². The molecule has 0 unspecified atom stereocenters. The first-order valence-corrected chi connectivity index (χ1v) is 16.8. The monoisotopic (exact) mass is 738 g/mol. The highest BCUT2D eigenvalue weighted by molar-refractivity contribution is 7.93. The first-order valence-electron chi connectivity index (χ1n) is 13.9. The Hall–Kier alpha value is -5.64. The maximum Gasteiger partial charge on any atom is 0.416 e. The molecule has 2 aromatic heterocycles. The second-order valence-electron chi connectivity index (χ2n) is 10.4. The van der Waals surface area contributed by atoms with E-state index in [4.69, 9.17) is 0 Å². The highest BCUT2D eigenvalue weighted by atomic mass is 32.2. The van der Waals surface area contributed by atoms with E-state index in [1.165, 1.54) is 36.4 Å². The van der Waals surface area contributed by atoms with Gasteiger partial charge in [0.15, 0.2) is 11.6 Å². The second-order valence-corrected chi connectivity index (χ2v) is 14.1. The van der Waals surface area contributed by atoms with Crippen LogP contribution in [0.5, 0.6) is 0 Å². The number of benzene rings is 4. The maximum atomic E-state index is 14.1. The number of hydrogen-bond acceptors (Lipinski definition) is 10. The Morgan fingerprint density at radius 3 is 1.20 bits per heavy atom. The number of fused-ring (bicyclic) bond motifs is 1. The average molecular weight is 739 g/mol. The molecule has 0 spiro atoms. The van der Waals surface area contributed by atoms with Crippen LogP contribution < -0.4 is 8.61 Å². The second kappa shape index (κ2) is 12.7. The number of alkyl halides is 6. The molecule has 0 fully saturated rings. The van der Waals surface area contributed by atoms with Crippen LogP contribution in [0.2, 0.25) is 0 Å². The molecule has 0 aliphatic carbocycles. The van der Waals surface area contributed by atoms with Crippen molar-refractivity contribution in [2.75, 3.05) is 8.61 Å². The van der Waals surface area contributed by atoms with E-state index >= 15 is 0 Å². The number of anilines is 2. The molecule has 14 nitrogen and oxygen atoms in total. The van der Waals surface area contributed by atoms with Crippen molar-refractivity contribution in [2.24, 2.45) is 0 Å². The van der Waals surface area contributed by atoms with Crippen molar-refractivity contribution in [2.45, 2.75) is 35.2 Å². The van der Waals surface area contributed by atoms with E-state index in [2.05, 4.69) is 41.2 Å². The summed E-state index contributed by atoms with van der Waals surface area (Å²) in [4.78, 5) is -1.01. The molecule has 0 aliphatic rings. The Labute approximate surface area is 277 Å². The molecule has 6 rings (SSSR count). The highest BCUT2D eigenvalue weighted by Gasteiger charge is 2.35. The van der Waals surface area contributed by atoms with E-state index in [0.29, 0.717) is 24.3 Å². The number of nitrogens with one attached hydrogen (secondary N) is 2. The number of tetrazole rings is 2. The maximum absolute atomic E-state index is 14.1. The highest BCUT2D eigenvalue weighted by Crippen LogP contribution is 2.40. The molecule has 0 saturated heterocycles. The first kappa shape index (κ1) is 34.2. The summed E-state index contributed by atoms with van der Waals surface area (Å²) in [7, 11) is -9.30. The fraction of sp³-hybridized carbons (Fsp3) is 0.143. The van der Waals surface area contributed by atoms with E-state index < -0.39 is 66.4 Å². The van der Waals surface area contributed by atoms with E-state index in [0.717, 1.165) is 32.9 Å². The third kappa shape index (κ3) is 6.65. The van der Waals surface area contributed by atoms with E-state index in [1.54, 1.807) is 0 Å². The van der Waals surface area contributed by atoms with Crippen LogP contribution >= 0.6 is 0 Å². The summed E-state index contributed by atoms with van der Waals surface area (Å²) < 4.78 is 138. The van der Waals surface area contributed by atoms with Gasteiger partial charge in [-0.1, -0.05) is 24.3 Å². The third-order valence-electron chi connectivity index (χ3n) is 7.32. The largest absolute Gasteiger partial charge is 0.416 e. The van der Waals surface area contributed by atoms with Crippen LogP contribution in [-0.2, 0) is 45.5 Å². The number of nitrogens with zero attached hydrogens (tertiary/aromatic N) is 8. The van der Waals surface area contributed by atoms with Gasteiger partial charge in [-0.25, -0.2) is 27.0 Å². The smallest absolute Gasteiger partial charge is 0.258 e. The SMILES string of the molecule is O=S(=O)(c1ccc(C(F)(F)F)cc1)N(Cc1nnn[nH]1)c1ccc(N(Cc2nnn[nH]2)S(=O)(=O)c2ccc(C(F)(F)F)cc2)c2ccccc12. The summed E-state index contributed by atoms with van der Waals surface area (Å²) in [6.07, 6.45) is -9.46. The lowest BCUT2D eigenvalue weighted by molar-refractivity contribution is -0.138. The predicted molar refractivity (Wildman–Crippen MR) is 162 cm³/mol. The summed E-state index contributed by atoms with van der Waals surface area (Å²) in [6.45, 7) is -1.06. The number of H-pyrrole nitrogens is 2. The van der Waals surface area contributed by atoms with Crippen molar-refractivity contribution in [1.29, 1.82) is 0 Å². The zero-order chi connectivity index (χ0) is 35.9. The Bertz CT molecular complexity index is 2170. The normalized spacial score (nSPS) is 12.7. The van der Waals surface area contributed by atoms with E-state index in [9.17, 15) is 43.2 Å². The molecule has 0 atom stereocenters. The molecule has 22 heteroatoms. The summed E-state index contributed by atoms with van der Waals surface area (Å²) in [5, 5.41) is 26.4. The molecule has 2 heterocycles. The molecular formula is C28H20F6N10O4S2. The number of halogens is 6. The molecule has 0 amide bonds. The van der Waals surface area contributed by atoms with Crippen LogP contribution in [-0.4, -0.2) is 58.1 Å². The molecule has 0 radical (unpaired) electrons. The van der Waals surface area contributed by atoms with Crippen LogP contribution in [0.25, 0.3) is 10.8 Å². The summed E-state index contributed by atoms with van der Waals surface area (Å²) >= 11 is 0. The van der Waals surface area contributed by atoms with Crippen LogP contribution in [0.4, 0.5) is 37.7 Å². The number of rotatable bonds is 10. The molecule has 50 heavy (non-hydrogen) atoms. The van der Waals surface area contributed by atoms with E-state index in [-0.39, 0.29) is 33.8 Å². The van der Waals surface area contributed by atoms with Gasteiger partial charge in [0.05, 0.1) is 45.4 Å². The predicted octanol–water partition coefficient (Wildman–Crippen LogP) is 4.69. The lowest BCUT2D eigenvalue weighted by Gasteiger charge is -2.28. The Balaban J connectivity index is 1.51. The first-order chi connectivity index (χ1) is 23.6. The molecule has 6 aromatic rings. The molecule has 2 N–H and O–H groups in total. The molecule has 0 saturated carbocycles. The zero-order valence-corrected chi connectivity index (χ0v) is 26.4. The quantitative estimate of drug-likeness (QED) is 0.187. The third-order valence-corrected chi connectivity index (χ3v) is 10.9. The number of sulfonamides is 2. The summed E-state index contributed by atoms with van der Waals surface area (Å²) in [6, 6.07) is 14.2. The van der Waals surface area contributed by atoms with Gasteiger partial charge >= 0.3 is 12.4 Å². The van der Waals surface area contributed by atoms with Crippen molar-refractivity contribution in [3.8, 4) is 0 Å². The van der Waals surface area contributed by atoms with Crippen molar-refractivity contribution in [3.05, 3.63) is 108 Å². The Morgan fingerprint density at radius 1 is 0.540 bits per heavy atom. The number of aromatic amines is 2. The molecule has 0 aliphatic heterocycles. The minimum atomic E-state index is -4.73. The van der Waals surface area contributed by atoms with Crippen molar-refractivity contribution >= 4 is 42.2 Å². The standard InChI is InChI=1S/C28H20F6N10O4S2/c29-27(30,31)17-5-9-19(10-6-17)49(45,46)43(15-25-35-39-40-36-25)23-13-14-24(22-4-2-1-3-21(22)23)44(16-26-37-41-42-38-26)50(47,48)20-11-7-18(8-12-20)28(32,33)34/h1-14H,15-16H2,(H,35,36,39,40)(H,37,38,41,42). The molecular weight excluding hydrogens is 718 g/mol. The molecule has 4 aromatic carbocycles. The van der Waals surface area contributed by atoms with Crippen LogP contribution in [0.3, 0.4) is 0 Å². The number of hydrogen-bond donors (Lipinski definition) is 2. The fourth-order valence-electron chi connectivity index (χ4n) is 4.95. The van der Waals surface area contributed by atoms with Gasteiger partial charge in [0.1, 0.15) is 0 Å². The van der Waals surface area contributed by atoms with Gasteiger partial charge in [-0.05, 0) is 81.5 Å². The average Bonchev–Trinajstić information content (AvgIpc) is 3.80. The van der Waals surface area contributed by atoms with E-state index in [1.807, 2.05) is 0 Å². The van der Waals surface area contributed by atoms with Gasteiger partial charge in [0.25, 0.3) is 20.0 Å². The summed E-state index contributed by atoms with van der Waals surface area (Å²) in [5.74, 6) is -0.0871. The number of aromatic nitrogens is 8. The Morgan fingerprint density at radius 2 is 0.900 bits per heavy atom. The van der Waals surface area contributed by atoms with Crippen LogP contribution in [0, 0.1) is 0 Å². The fourth-order valence-corrected chi connectivity index (χ4v) is 7.84. The van der Waals surface area contributed by atoms with Crippen molar-refractivity contribution < 1.29 is 43.2 Å². The van der Waals surface area contributed by atoms with Gasteiger partial charge in [-0.2, -0.15) is 26.3 Å². The van der Waals surface area contributed by atoms with Gasteiger partial charge in [-0.15, -0.1) is 10.2 Å². The molecule has 0 bridgehead atoms. The van der Waals surface area contributed by atoms with Crippen molar-refractivity contribution in [1.82, 2.24) is 41.2 Å². The van der Waals surface area contributed by atoms with Crippen molar-refractivity contribution in [3.63, 3.8) is 0 Å². The van der Waals surface area contributed by atoms with Gasteiger partial charge < -0.3 is 0 Å². The minimum absolute atomic E-state index is 0.0435. The zero-order valence-electron chi connectivity index (χ0n) is 24.8. The van der Waals surface area contributed by atoms with Crippen LogP contribution in [0.1, 0.15) is 22.8 Å². The summed E-state index contributed by atoms with van der Waals surface area (Å²) in [5.41, 5.74) is -2.25. The molecule has 260 valence electrons. The van der Waals surface area contributed by atoms with Gasteiger partial charge in [0.2, 0.25) is 0 Å². The topological polar surface area (TPSA) is 184 Å². The van der Waals surface area contributed by atoms with Crippen LogP contribution in [0.15, 0.2) is 94.7 Å². The van der Waals surface area contributed by atoms with Gasteiger partial charge in [0, 0.05) is 10.8 Å². The lowest BCUT2D eigenvalue weighted by Crippen LogP contribution is -2.33. The Kier molecular flexibility index (Phi) is 8.67.